The van der Waals surface area contributed by atoms with E-state index in [1.165, 1.54) is 0 Å². The molecule has 0 spiro atoms. The zero-order valence-corrected chi connectivity index (χ0v) is 23.3. The third-order valence-corrected chi connectivity index (χ3v) is 8.48. The summed E-state index contributed by atoms with van der Waals surface area (Å²) in [6.45, 7) is 4.97. The Morgan fingerprint density at radius 3 is 2.25 bits per heavy atom. The van der Waals surface area contributed by atoms with Gasteiger partial charge in [-0.1, -0.05) is 23.7 Å². The van der Waals surface area contributed by atoms with E-state index in [-0.39, 0.29) is 29.8 Å². The van der Waals surface area contributed by atoms with Gasteiger partial charge in [-0.25, -0.2) is 4.98 Å². The summed E-state index contributed by atoms with van der Waals surface area (Å²) in [6, 6.07) is 23.1. The van der Waals surface area contributed by atoms with Crippen molar-refractivity contribution in [3.8, 4) is 17.9 Å². The molecule has 2 aliphatic rings. The van der Waals surface area contributed by atoms with Gasteiger partial charge in [-0.2, -0.15) is 10.5 Å². The van der Waals surface area contributed by atoms with Gasteiger partial charge in [0, 0.05) is 55.2 Å². The first-order chi connectivity index (χ1) is 19.4. The minimum atomic E-state index is -0.0750. The van der Waals surface area contributed by atoms with Gasteiger partial charge in [-0.05, 0) is 80.3 Å². The second kappa shape index (κ2) is 12.4. The van der Waals surface area contributed by atoms with Crippen LogP contribution in [0.25, 0.3) is 0 Å². The lowest BCUT2D eigenvalue weighted by atomic mass is 9.77. The van der Waals surface area contributed by atoms with Crippen molar-refractivity contribution in [3.05, 3.63) is 88.6 Å². The summed E-state index contributed by atoms with van der Waals surface area (Å²) in [4.78, 5) is 22.4. The van der Waals surface area contributed by atoms with E-state index in [2.05, 4.69) is 41.1 Å². The van der Waals surface area contributed by atoms with Crippen LogP contribution in [-0.4, -0.2) is 48.1 Å². The van der Waals surface area contributed by atoms with Crippen LogP contribution in [0.5, 0.6) is 5.75 Å². The summed E-state index contributed by atoms with van der Waals surface area (Å²) in [7, 11) is 0. The SMILES string of the molecule is CC(Oc1ccc(C#N)cc1)C1CCN(C(=O)C2CCN(c3ccc(C#N)cn3)CC2)CC1c1ccc(Cl)cc1. The first kappa shape index (κ1) is 27.5. The Labute approximate surface area is 240 Å². The third-order valence-electron chi connectivity index (χ3n) is 8.23. The number of hydrogen-bond donors (Lipinski definition) is 0. The van der Waals surface area contributed by atoms with E-state index in [0.717, 1.165) is 49.5 Å². The summed E-state index contributed by atoms with van der Waals surface area (Å²) in [6.07, 6.45) is 3.92. The summed E-state index contributed by atoms with van der Waals surface area (Å²) >= 11 is 6.20. The van der Waals surface area contributed by atoms with Crippen molar-refractivity contribution in [1.82, 2.24) is 9.88 Å². The average molecular weight is 554 g/mol. The number of halogens is 1. The molecule has 204 valence electrons. The Balaban J connectivity index is 1.25. The van der Waals surface area contributed by atoms with Crippen LogP contribution >= 0.6 is 11.6 Å². The number of pyridine rings is 1. The lowest BCUT2D eigenvalue weighted by molar-refractivity contribution is -0.138. The Hall–Kier alpha value is -4.07. The topological polar surface area (TPSA) is 93.2 Å². The molecule has 0 saturated carbocycles. The largest absolute Gasteiger partial charge is 0.490 e. The molecule has 8 heteroatoms. The maximum atomic E-state index is 13.7. The standard InChI is InChI=1S/C32H32ClN5O2/c1-22(40-28-9-2-23(18-34)3-10-28)29-14-17-38(21-30(29)25-5-7-27(33)8-6-25)32(39)26-12-15-37(16-13-26)31-11-4-24(19-35)20-36-31/h2-11,20,22,26,29-30H,12-17,21H2,1H3. The monoisotopic (exact) mass is 553 g/mol. The van der Waals surface area contributed by atoms with Crippen molar-refractivity contribution in [2.45, 2.75) is 38.2 Å². The van der Waals surface area contributed by atoms with E-state index in [1.807, 2.05) is 35.2 Å². The second-order valence-corrected chi connectivity index (χ2v) is 11.1. The smallest absolute Gasteiger partial charge is 0.225 e. The predicted octanol–water partition coefficient (Wildman–Crippen LogP) is 5.79. The number of rotatable bonds is 6. The molecule has 0 bridgehead atoms. The number of carbonyl (C=O) groups is 1. The number of aromatic nitrogens is 1. The Bertz CT molecular complexity index is 1390. The van der Waals surface area contributed by atoms with Gasteiger partial charge in [0.1, 0.15) is 17.6 Å². The summed E-state index contributed by atoms with van der Waals surface area (Å²) < 4.78 is 6.34. The van der Waals surface area contributed by atoms with Gasteiger partial charge in [-0.3, -0.25) is 4.79 Å². The van der Waals surface area contributed by atoms with E-state index in [9.17, 15) is 4.79 Å². The van der Waals surface area contributed by atoms with E-state index in [1.54, 1.807) is 24.4 Å². The quantitative estimate of drug-likeness (QED) is 0.383. The molecular weight excluding hydrogens is 522 g/mol. The molecule has 2 saturated heterocycles. The number of anilines is 1. The number of ether oxygens (including phenoxy) is 1. The molecule has 5 rings (SSSR count). The van der Waals surface area contributed by atoms with Crippen LogP contribution in [0.4, 0.5) is 5.82 Å². The molecular formula is C32H32ClN5O2. The summed E-state index contributed by atoms with van der Waals surface area (Å²) in [5, 5.41) is 18.8. The second-order valence-electron chi connectivity index (χ2n) is 10.6. The zero-order chi connectivity index (χ0) is 28.1. The Morgan fingerprint density at radius 2 is 1.62 bits per heavy atom. The number of piperidine rings is 2. The van der Waals surface area contributed by atoms with Crippen molar-refractivity contribution >= 4 is 23.3 Å². The van der Waals surface area contributed by atoms with E-state index < -0.39 is 0 Å². The first-order valence-electron chi connectivity index (χ1n) is 13.8. The summed E-state index contributed by atoms with van der Waals surface area (Å²) in [5.74, 6) is 2.14. The molecule has 0 radical (unpaired) electrons. The van der Waals surface area contributed by atoms with Crippen molar-refractivity contribution in [1.29, 1.82) is 10.5 Å². The van der Waals surface area contributed by atoms with E-state index >= 15 is 0 Å². The van der Waals surface area contributed by atoms with Gasteiger partial charge < -0.3 is 14.5 Å². The van der Waals surface area contributed by atoms with Crippen molar-refractivity contribution in [2.24, 2.45) is 11.8 Å². The van der Waals surface area contributed by atoms with Crippen LogP contribution in [0.3, 0.4) is 0 Å². The molecule has 40 heavy (non-hydrogen) atoms. The predicted molar refractivity (Wildman–Crippen MR) is 154 cm³/mol. The lowest BCUT2D eigenvalue weighted by Crippen LogP contribution is -2.49. The molecule has 1 aromatic heterocycles. The molecule has 0 N–H and O–H groups in total. The zero-order valence-electron chi connectivity index (χ0n) is 22.5. The highest BCUT2D eigenvalue weighted by Gasteiger charge is 2.38. The maximum absolute atomic E-state index is 13.7. The Kier molecular flexibility index (Phi) is 8.53. The van der Waals surface area contributed by atoms with Crippen molar-refractivity contribution in [2.75, 3.05) is 31.1 Å². The highest BCUT2D eigenvalue weighted by molar-refractivity contribution is 6.30. The number of hydrogen-bond acceptors (Lipinski definition) is 6. The fourth-order valence-electron chi connectivity index (χ4n) is 5.96. The molecule has 0 aliphatic carbocycles. The Morgan fingerprint density at radius 1 is 0.950 bits per heavy atom. The van der Waals surface area contributed by atoms with Gasteiger partial charge in [-0.15, -0.1) is 0 Å². The van der Waals surface area contributed by atoms with Gasteiger partial charge in [0.15, 0.2) is 0 Å². The molecule has 1 amide bonds. The number of benzene rings is 2. The molecule has 2 aliphatic heterocycles. The fourth-order valence-corrected chi connectivity index (χ4v) is 6.08. The number of likely N-dealkylation sites (tertiary alicyclic amines) is 1. The lowest BCUT2D eigenvalue weighted by Gasteiger charge is -2.43. The number of nitrogens with zero attached hydrogens (tertiary/aromatic N) is 5. The van der Waals surface area contributed by atoms with Crippen molar-refractivity contribution < 1.29 is 9.53 Å². The average Bonchev–Trinajstić information content (AvgIpc) is 3.01. The number of nitriles is 2. The number of amides is 1. The maximum Gasteiger partial charge on any atom is 0.225 e. The molecule has 7 nitrogen and oxygen atoms in total. The third kappa shape index (κ3) is 6.22. The van der Waals surface area contributed by atoms with E-state index in [4.69, 9.17) is 26.9 Å². The van der Waals surface area contributed by atoms with Crippen LogP contribution in [-0.2, 0) is 4.79 Å². The van der Waals surface area contributed by atoms with Crippen LogP contribution in [0, 0.1) is 34.5 Å². The molecule has 2 aromatic carbocycles. The molecule has 3 aromatic rings. The molecule has 3 heterocycles. The van der Waals surface area contributed by atoms with Gasteiger partial charge in [0.25, 0.3) is 0 Å². The molecule has 2 fully saturated rings. The van der Waals surface area contributed by atoms with Crippen LogP contribution in [0.15, 0.2) is 66.9 Å². The van der Waals surface area contributed by atoms with Crippen molar-refractivity contribution in [3.63, 3.8) is 0 Å². The van der Waals surface area contributed by atoms with Gasteiger partial charge in [0.2, 0.25) is 5.91 Å². The van der Waals surface area contributed by atoms with Crippen LogP contribution in [0.2, 0.25) is 5.02 Å². The molecule has 3 atom stereocenters. The highest BCUT2D eigenvalue weighted by Crippen LogP contribution is 2.38. The van der Waals surface area contributed by atoms with Crippen LogP contribution in [0.1, 0.15) is 48.8 Å². The minimum absolute atomic E-state index is 0.00984. The van der Waals surface area contributed by atoms with E-state index in [0.29, 0.717) is 29.2 Å². The first-order valence-corrected chi connectivity index (χ1v) is 14.1. The number of carbonyl (C=O) groups excluding carboxylic acids is 1. The minimum Gasteiger partial charge on any atom is -0.490 e. The fraction of sp³-hybridized carbons (Fsp3) is 0.375. The summed E-state index contributed by atoms with van der Waals surface area (Å²) in [5.41, 5.74) is 2.30. The van der Waals surface area contributed by atoms with Gasteiger partial charge >= 0.3 is 0 Å². The van der Waals surface area contributed by atoms with Crippen LogP contribution < -0.4 is 9.64 Å². The van der Waals surface area contributed by atoms with Gasteiger partial charge in [0.05, 0.1) is 23.3 Å². The molecule has 3 unspecified atom stereocenters. The highest BCUT2D eigenvalue weighted by atomic mass is 35.5. The normalized spacial score (nSPS) is 20.3.